The second-order valence-corrected chi connectivity index (χ2v) is 4.96. The first kappa shape index (κ1) is 16.3. The Hall–Kier alpha value is -2.09. The van der Waals surface area contributed by atoms with Crippen molar-refractivity contribution < 1.29 is 13.5 Å². The van der Waals surface area contributed by atoms with E-state index in [1.165, 1.54) is 10.6 Å². The van der Waals surface area contributed by atoms with E-state index in [1.54, 1.807) is 6.07 Å². The molecular weight excluding hydrogens is 312 g/mol. The van der Waals surface area contributed by atoms with Crippen LogP contribution < -0.4 is 15.7 Å². The van der Waals surface area contributed by atoms with E-state index >= 15 is 0 Å². The van der Waals surface area contributed by atoms with Gasteiger partial charge in [0.05, 0.1) is 0 Å². The maximum Gasteiger partial charge on any atom is 0.352 e. The molecule has 1 aromatic heterocycles. The summed E-state index contributed by atoms with van der Waals surface area (Å²) in [7, 11) is 0. The fraction of sp³-hybridized carbons (Fsp3) is 0.286. The fourth-order valence-corrected chi connectivity index (χ4v) is 2.21. The number of nitrogens with zero attached hydrogens (tertiary/aromatic N) is 2. The zero-order valence-corrected chi connectivity index (χ0v) is 12.8. The molecule has 3 rings (SSSR count). The number of hydrogen-bond acceptors (Lipinski definition) is 4. The molecule has 0 saturated heterocycles. The number of anilines is 1. The molecule has 1 aliphatic rings. The van der Waals surface area contributed by atoms with Gasteiger partial charge in [0.1, 0.15) is 12.4 Å². The third-order valence-corrected chi connectivity index (χ3v) is 3.21. The van der Waals surface area contributed by atoms with Gasteiger partial charge in [0, 0.05) is 18.7 Å². The minimum Gasteiger partial charge on any atom is -0.473 e. The van der Waals surface area contributed by atoms with Gasteiger partial charge in [0.25, 0.3) is 0 Å². The molecule has 0 radical (unpaired) electrons. The number of aromatic nitrogens is 2. The third-order valence-electron chi connectivity index (χ3n) is 3.21. The molecule has 0 spiro atoms. The van der Waals surface area contributed by atoms with Crippen molar-refractivity contribution in [3.63, 3.8) is 0 Å². The Balaban J connectivity index is 0.00000176. The first-order valence-electron chi connectivity index (χ1n) is 6.48. The summed E-state index contributed by atoms with van der Waals surface area (Å²) in [6.07, 6.45) is 0. The Morgan fingerprint density at radius 1 is 1.36 bits per heavy atom. The minimum atomic E-state index is -0.937. The largest absolute Gasteiger partial charge is 0.473 e. The molecule has 0 unspecified atom stereocenters. The van der Waals surface area contributed by atoms with Crippen LogP contribution in [0.4, 0.5) is 14.6 Å². The lowest BCUT2D eigenvalue weighted by molar-refractivity contribution is 0.290. The van der Waals surface area contributed by atoms with Gasteiger partial charge in [-0.05, 0) is 24.6 Å². The lowest BCUT2D eigenvalue weighted by Gasteiger charge is -2.07. The van der Waals surface area contributed by atoms with Crippen LogP contribution in [0.3, 0.4) is 0 Å². The van der Waals surface area contributed by atoms with E-state index in [0.29, 0.717) is 17.9 Å². The van der Waals surface area contributed by atoms with Crippen LogP contribution in [0.15, 0.2) is 29.1 Å². The van der Waals surface area contributed by atoms with E-state index < -0.39 is 17.3 Å². The Morgan fingerprint density at radius 3 is 2.86 bits per heavy atom. The van der Waals surface area contributed by atoms with Gasteiger partial charge in [-0.15, -0.1) is 0 Å². The van der Waals surface area contributed by atoms with Gasteiger partial charge in [-0.2, -0.15) is 18.5 Å². The van der Waals surface area contributed by atoms with Crippen molar-refractivity contribution >= 4 is 19.3 Å². The lowest BCUT2D eigenvalue weighted by atomic mass is 10.2. The summed E-state index contributed by atoms with van der Waals surface area (Å²) in [6.45, 7) is 2.52. The first-order valence-corrected chi connectivity index (χ1v) is 6.48. The zero-order valence-electron chi connectivity index (χ0n) is 11.8. The van der Waals surface area contributed by atoms with Crippen molar-refractivity contribution in [1.29, 1.82) is 0 Å². The molecule has 2 heterocycles. The van der Waals surface area contributed by atoms with Gasteiger partial charge in [-0.3, -0.25) is 4.57 Å². The molecule has 0 amide bonds. The van der Waals surface area contributed by atoms with Gasteiger partial charge in [-0.1, -0.05) is 6.07 Å². The smallest absolute Gasteiger partial charge is 0.352 e. The van der Waals surface area contributed by atoms with Crippen LogP contribution in [0.2, 0.25) is 0 Å². The normalized spacial score (nSPS) is 15.7. The molecule has 5 nitrogen and oxygen atoms in total. The molecule has 0 aliphatic carbocycles. The monoisotopic (exact) mass is 327 g/mol. The summed E-state index contributed by atoms with van der Waals surface area (Å²) in [6, 6.07) is 5.27. The molecule has 8 heteroatoms. The molecule has 0 saturated carbocycles. The van der Waals surface area contributed by atoms with E-state index in [4.69, 9.17) is 4.74 Å². The van der Waals surface area contributed by atoms with E-state index in [9.17, 15) is 13.6 Å². The van der Waals surface area contributed by atoms with E-state index in [-0.39, 0.29) is 32.0 Å². The van der Waals surface area contributed by atoms with Crippen molar-refractivity contribution in [2.45, 2.75) is 26.1 Å². The first-order chi connectivity index (χ1) is 10.0. The summed E-state index contributed by atoms with van der Waals surface area (Å²) in [5, 5.41) is 3.13. The quantitative estimate of drug-likeness (QED) is 0.937. The number of fused-ring (bicyclic) bond motifs is 1. The fourth-order valence-electron chi connectivity index (χ4n) is 2.21. The third kappa shape index (κ3) is 3.22. The Bertz CT molecular complexity index is 751. The highest BCUT2D eigenvalue weighted by Gasteiger charge is 2.19. The highest BCUT2D eigenvalue weighted by Crippen LogP contribution is 2.20. The molecule has 1 aromatic carbocycles. The summed E-state index contributed by atoms with van der Waals surface area (Å²) in [5.74, 6) is -1.06. The second-order valence-electron chi connectivity index (χ2n) is 4.96. The molecule has 0 fully saturated rings. The second kappa shape index (κ2) is 6.35. The molecule has 2 aromatic rings. The summed E-state index contributed by atoms with van der Waals surface area (Å²) in [5.41, 5.74) is 0.0577. The van der Waals surface area contributed by atoms with Crippen LogP contribution in [-0.2, 0) is 13.2 Å². The highest BCUT2D eigenvalue weighted by molar-refractivity contribution is 7.59. The predicted octanol–water partition coefficient (Wildman–Crippen LogP) is 2.03. The molecule has 1 N–H and O–H groups in total. The number of benzene rings is 1. The lowest BCUT2D eigenvalue weighted by Crippen LogP contribution is -2.22. The van der Waals surface area contributed by atoms with Gasteiger partial charge in [-0.25, -0.2) is 13.6 Å². The van der Waals surface area contributed by atoms with Crippen molar-refractivity contribution in [2.75, 3.05) is 5.32 Å². The average molecular weight is 327 g/mol. The number of nitrogens with one attached hydrogen (secondary N) is 1. The standard InChI is InChI=1S/C14H13F2N3O2.H2S/c1-8-6-19-12(17-8)5-13(18-14(19)20)21-7-9-2-3-10(15)11(16)4-9;/h2-5,8,17H,6-7H2,1H3;1H2/t8-;/m0./s1. The molecule has 0 bridgehead atoms. The van der Waals surface area contributed by atoms with Crippen LogP contribution in [0, 0.1) is 11.6 Å². The van der Waals surface area contributed by atoms with E-state index in [0.717, 1.165) is 12.1 Å². The van der Waals surface area contributed by atoms with Crippen LogP contribution >= 0.6 is 13.5 Å². The maximum atomic E-state index is 13.1. The molecule has 1 atom stereocenters. The van der Waals surface area contributed by atoms with Crippen molar-refractivity contribution in [3.8, 4) is 5.88 Å². The topological polar surface area (TPSA) is 56.2 Å². The number of hydrogen-bond donors (Lipinski definition) is 1. The van der Waals surface area contributed by atoms with Crippen LogP contribution in [0.5, 0.6) is 5.88 Å². The molecule has 1 aliphatic heterocycles. The van der Waals surface area contributed by atoms with E-state index in [2.05, 4.69) is 10.3 Å². The average Bonchev–Trinajstić information content (AvgIpc) is 2.81. The predicted molar refractivity (Wildman–Crippen MR) is 82.7 cm³/mol. The Kier molecular flexibility index (Phi) is 4.70. The van der Waals surface area contributed by atoms with E-state index in [1.807, 2.05) is 6.92 Å². The molecular formula is C14H15F2N3O2S. The zero-order chi connectivity index (χ0) is 15.0. The summed E-state index contributed by atoms with van der Waals surface area (Å²) < 4.78 is 32.8. The van der Waals surface area contributed by atoms with Crippen molar-refractivity contribution in [2.24, 2.45) is 0 Å². The van der Waals surface area contributed by atoms with Gasteiger partial charge in [0.2, 0.25) is 5.88 Å². The number of ether oxygens (including phenoxy) is 1. The van der Waals surface area contributed by atoms with Crippen LogP contribution in [0.1, 0.15) is 12.5 Å². The summed E-state index contributed by atoms with van der Waals surface area (Å²) >= 11 is 0. The number of rotatable bonds is 3. The SMILES string of the molecule is C[C@H]1Cn2c(cc(OCc3ccc(F)c(F)c3)nc2=O)N1.S. The molecule has 22 heavy (non-hydrogen) atoms. The van der Waals surface area contributed by atoms with Gasteiger partial charge in [0.15, 0.2) is 11.6 Å². The van der Waals surface area contributed by atoms with Crippen LogP contribution in [0.25, 0.3) is 0 Å². The van der Waals surface area contributed by atoms with Gasteiger partial charge < -0.3 is 10.1 Å². The minimum absolute atomic E-state index is 0. The molecule has 118 valence electrons. The Morgan fingerprint density at radius 2 is 2.14 bits per heavy atom. The summed E-state index contributed by atoms with van der Waals surface area (Å²) in [4.78, 5) is 15.6. The van der Waals surface area contributed by atoms with Crippen molar-refractivity contribution in [3.05, 3.63) is 51.9 Å². The van der Waals surface area contributed by atoms with Crippen LogP contribution in [-0.4, -0.2) is 15.6 Å². The highest BCUT2D eigenvalue weighted by atomic mass is 32.1. The Labute approximate surface area is 132 Å². The maximum absolute atomic E-state index is 13.1. The van der Waals surface area contributed by atoms with Gasteiger partial charge >= 0.3 is 5.69 Å². The number of halogens is 2. The van der Waals surface area contributed by atoms with Crippen molar-refractivity contribution in [1.82, 2.24) is 9.55 Å².